The van der Waals surface area contributed by atoms with Crippen molar-refractivity contribution in [1.29, 1.82) is 0 Å². The molecule has 7 nitrogen and oxygen atoms in total. The minimum Gasteiger partial charge on any atom is -0.493 e. The number of primary amides is 1. The van der Waals surface area contributed by atoms with E-state index < -0.39 is 5.91 Å². The van der Waals surface area contributed by atoms with Crippen molar-refractivity contribution < 1.29 is 19.2 Å². The van der Waals surface area contributed by atoms with Crippen LogP contribution in [0, 0.1) is 0 Å². The zero-order chi connectivity index (χ0) is 18.1. The smallest absolute Gasteiger partial charge is 0.265 e. The highest BCUT2D eigenvalue weighted by molar-refractivity contribution is 5.95. The number of nitrogens with two attached hydrogens (primary N) is 1. The molecule has 2 amide bonds. The molecule has 3 N–H and O–H groups in total. The lowest BCUT2D eigenvalue weighted by atomic mass is 10.2. The molecule has 0 spiro atoms. The summed E-state index contributed by atoms with van der Waals surface area (Å²) in [7, 11) is 0. The number of carbonyl (C=O) groups excluding carboxylic acids is 2. The number of para-hydroxylation sites is 1. The van der Waals surface area contributed by atoms with E-state index in [4.69, 9.17) is 15.3 Å². The van der Waals surface area contributed by atoms with E-state index in [9.17, 15) is 9.59 Å². The third-order valence-electron chi connectivity index (χ3n) is 3.13. The molecule has 0 aliphatic carbocycles. The van der Waals surface area contributed by atoms with Gasteiger partial charge in [-0.15, -0.1) is 0 Å². The lowest BCUT2D eigenvalue weighted by molar-refractivity contribution is -0.120. The van der Waals surface area contributed by atoms with Gasteiger partial charge in [0.25, 0.3) is 5.91 Å². The normalized spacial score (nSPS) is 10.4. The maximum Gasteiger partial charge on any atom is 0.265 e. The van der Waals surface area contributed by atoms with Crippen molar-refractivity contribution in [3.63, 3.8) is 0 Å². The zero-order valence-electron chi connectivity index (χ0n) is 13.8. The molecule has 2 aromatic rings. The SMILES string of the molecule is CCOc1ccccc1/C=N/OCC(=O)Nc1ccc(C(N)=O)cc1. The Labute approximate surface area is 145 Å². The third-order valence-corrected chi connectivity index (χ3v) is 3.13. The molecule has 0 aliphatic heterocycles. The molecule has 7 heteroatoms. The highest BCUT2D eigenvalue weighted by Gasteiger charge is 2.05. The molecule has 0 radical (unpaired) electrons. The van der Waals surface area contributed by atoms with Gasteiger partial charge < -0.3 is 20.6 Å². The number of hydrogen-bond acceptors (Lipinski definition) is 5. The molecule has 0 atom stereocenters. The summed E-state index contributed by atoms with van der Waals surface area (Å²) in [6.45, 7) is 2.19. The molecule has 0 fully saturated rings. The number of hydrogen-bond donors (Lipinski definition) is 2. The van der Waals surface area contributed by atoms with Gasteiger partial charge in [0.1, 0.15) is 5.75 Å². The van der Waals surface area contributed by atoms with Crippen LogP contribution in [0.2, 0.25) is 0 Å². The number of nitrogens with zero attached hydrogens (tertiary/aromatic N) is 1. The first-order chi connectivity index (χ1) is 12.1. The van der Waals surface area contributed by atoms with Crippen molar-refractivity contribution in [2.75, 3.05) is 18.5 Å². The van der Waals surface area contributed by atoms with Gasteiger partial charge in [0, 0.05) is 16.8 Å². The molecule has 0 unspecified atom stereocenters. The summed E-state index contributed by atoms with van der Waals surface area (Å²) in [6, 6.07) is 13.6. The summed E-state index contributed by atoms with van der Waals surface area (Å²) >= 11 is 0. The van der Waals surface area contributed by atoms with Crippen LogP contribution in [0.1, 0.15) is 22.8 Å². The average Bonchev–Trinajstić information content (AvgIpc) is 2.61. The molecule has 0 aromatic heterocycles. The summed E-state index contributed by atoms with van der Waals surface area (Å²) in [5, 5.41) is 6.40. The van der Waals surface area contributed by atoms with Gasteiger partial charge >= 0.3 is 0 Å². The molecule has 0 aliphatic rings. The van der Waals surface area contributed by atoms with Crippen LogP contribution in [0.5, 0.6) is 5.75 Å². The van der Waals surface area contributed by atoms with Crippen molar-refractivity contribution in [1.82, 2.24) is 0 Å². The van der Waals surface area contributed by atoms with Crippen LogP contribution in [0.4, 0.5) is 5.69 Å². The Morgan fingerprint density at radius 2 is 1.88 bits per heavy atom. The number of amides is 2. The maximum absolute atomic E-state index is 11.8. The summed E-state index contributed by atoms with van der Waals surface area (Å²) in [5.74, 6) is -0.207. The van der Waals surface area contributed by atoms with Gasteiger partial charge in [0.05, 0.1) is 12.8 Å². The van der Waals surface area contributed by atoms with E-state index in [1.807, 2.05) is 31.2 Å². The molecule has 25 heavy (non-hydrogen) atoms. The molecule has 2 rings (SSSR count). The van der Waals surface area contributed by atoms with Gasteiger partial charge in [-0.2, -0.15) is 0 Å². The fourth-order valence-electron chi connectivity index (χ4n) is 1.98. The number of rotatable bonds is 8. The Bertz CT molecular complexity index is 757. The highest BCUT2D eigenvalue weighted by atomic mass is 16.6. The molecular weight excluding hydrogens is 322 g/mol. The third kappa shape index (κ3) is 5.65. The Hall–Kier alpha value is -3.35. The Morgan fingerprint density at radius 1 is 1.16 bits per heavy atom. The van der Waals surface area contributed by atoms with E-state index in [2.05, 4.69) is 10.5 Å². The van der Waals surface area contributed by atoms with E-state index in [1.165, 1.54) is 18.3 Å². The van der Waals surface area contributed by atoms with Crippen molar-refractivity contribution in [2.45, 2.75) is 6.92 Å². The minimum atomic E-state index is -0.525. The van der Waals surface area contributed by atoms with Crippen molar-refractivity contribution in [3.05, 3.63) is 59.7 Å². The van der Waals surface area contributed by atoms with Gasteiger partial charge in [0.15, 0.2) is 6.61 Å². The molecular formula is C18H19N3O4. The van der Waals surface area contributed by atoms with E-state index in [1.54, 1.807) is 12.1 Å². The van der Waals surface area contributed by atoms with E-state index in [0.29, 0.717) is 23.6 Å². The summed E-state index contributed by atoms with van der Waals surface area (Å²) in [5.41, 5.74) is 6.81. The monoisotopic (exact) mass is 341 g/mol. The van der Waals surface area contributed by atoms with Crippen LogP contribution in [-0.2, 0) is 9.63 Å². The van der Waals surface area contributed by atoms with Crippen molar-refractivity contribution >= 4 is 23.7 Å². The molecule has 0 saturated carbocycles. The fourth-order valence-corrected chi connectivity index (χ4v) is 1.98. The second kappa shape index (κ2) is 9.07. The molecule has 0 saturated heterocycles. The van der Waals surface area contributed by atoms with Gasteiger partial charge in [0.2, 0.25) is 5.91 Å². The molecule has 0 heterocycles. The minimum absolute atomic E-state index is 0.245. The standard InChI is InChI=1S/C18H19N3O4/c1-2-24-16-6-4-3-5-14(16)11-20-25-12-17(22)21-15-9-7-13(8-10-15)18(19)23/h3-11H,2,12H2,1H3,(H2,19,23)(H,21,22)/b20-11+. The molecule has 130 valence electrons. The second-order valence-corrected chi connectivity index (χ2v) is 4.97. The second-order valence-electron chi connectivity index (χ2n) is 4.97. The van der Waals surface area contributed by atoms with Crippen molar-refractivity contribution in [2.24, 2.45) is 10.9 Å². The van der Waals surface area contributed by atoms with E-state index >= 15 is 0 Å². The lowest BCUT2D eigenvalue weighted by Gasteiger charge is -2.06. The predicted molar refractivity (Wildman–Crippen MR) is 94.7 cm³/mol. The predicted octanol–water partition coefficient (Wildman–Crippen LogP) is 2.17. The maximum atomic E-state index is 11.8. The van der Waals surface area contributed by atoms with Crippen LogP contribution in [0.25, 0.3) is 0 Å². The van der Waals surface area contributed by atoms with Crippen LogP contribution < -0.4 is 15.8 Å². The fraction of sp³-hybridized carbons (Fsp3) is 0.167. The number of anilines is 1. The van der Waals surface area contributed by atoms with Gasteiger partial charge in [-0.25, -0.2) is 0 Å². The van der Waals surface area contributed by atoms with Crippen LogP contribution in [0.15, 0.2) is 53.7 Å². The number of oxime groups is 1. The Kier molecular flexibility index (Phi) is 6.53. The first-order valence-electron chi connectivity index (χ1n) is 7.67. The first kappa shape index (κ1) is 18.0. The van der Waals surface area contributed by atoms with Crippen molar-refractivity contribution in [3.8, 4) is 5.75 Å². The first-order valence-corrected chi connectivity index (χ1v) is 7.67. The summed E-state index contributed by atoms with van der Waals surface area (Å²) in [4.78, 5) is 27.8. The highest BCUT2D eigenvalue weighted by Crippen LogP contribution is 2.15. The van der Waals surface area contributed by atoms with Crippen LogP contribution >= 0.6 is 0 Å². The topological polar surface area (TPSA) is 103 Å². The molecule has 0 bridgehead atoms. The average molecular weight is 341 g/mol. The Balaban J connectivity index is 1.83. The number of ether oxygens (including phenoxy) is 1. The Morgan fingerprint density at radius 3 is 2.56 bits per heavy atom. The van der Waals surface area contributed by atoms with E-state index in [0.717, 1.165) is 5.56 Å². The number of carbonyl (C=O) groups is 2. The lowest BCUT2D eigenvalue weighted by Crippen LogP contribution is -2.17. The molecule has 2 aromatic carbocycles. The van der Waals surface area contributed by atoms with E-state index in [-0.39, 0.29) is 12.5 Å². The number of benzene rings is 2. The van der Waals surface area contributed by atoms with Gasteiger partial charge in [-0.1, -0.05) is 17.3 Å². The van der Waals surface area contributed by atoms with Gasteiger partial charge in [-0.05, 0) is 43.3 Å². The zero-order valence-corrected chi connectivity index (χ0v) is 13.8. The van der Waals surface area contributed by atoms with Crippen LogP contribution in [0.3, 0.4) is 0 Å². The summed E-state index contributed by atoms with van der Waals surface area (Å²) in [6.07, 6.45) is 1.49. The summed E-state index contributed by atoms with van der Waals surface area (Å²) < 4.78 is 5.46. The quantitative estimate of drug-likeness (QED) is 0.567. The van der Waals surface area contributed by atoms with Crippen LogP contribution in [-0.4, -0.2) is 31.2 Å². The number of nitrogens with one attached hydrogen (secondary N) is 1. The largest absolute Gasteiger partial charge is 0.493 e. The van der Waals surface area contributed by atoms with Gasteiger partial charge in [-0.3, -0.25) is 9.59 Å².